The summed E-state index contributed by atoms with van der Waals surface area (Å²) in [4.78, 5) is 0. The highest BCUT2D eigenvalue weighted by molar-refractivity contribution is 7.69. The number of hydrogen-bond acceptors (Lipinski definition) is 0. The smallest absolute Gasteiger partial charge is 0.0185 e. The van der Waals surface area contributed by atoms with E-state index in [0.717, 1.165) is 0 Å². The average Bonchev–Trinajstić information content (AvgIpc) is 2.42. The van der Waals surface area contributed by atoms with Crippen LogP contribution in [0.2, 0.25) is 0 Å². The normalized spacial score (nSPS) is 13.8. The van der Waals surface area contributed by atoms with Crippen molar-refractivity contribution in [2.75, 3.05) is 25.7 Å². The van der Waals surface area contributed by atoms with Crippen LogP contribution in [0.3, 0.4) is 0 Å². The second-order valence-corrected chi connectivity index (χ2v) is 11.9. The van der Waals surface area contributed by atoms with Crippen molar-refractivity contribution in [2.45, 2.75) is 41.5 Å². The van der Waals surface area contributed by atoms with Gasteiger partial charge in [-0.3, -0.25) is 0 Å². The molecule has 2 aromatic carbocycles. The van der Waals surface area contributed by atoms with Gasteiger partial charge < -0.3 is 0 Å². The zero-order valence-electron chi connectivity index (χ0n) is 16.6. The van der Waals surface area contributed by atoms with E-state index in [-0.39, 0.29) is 15.8 Å². The number of rotatable bonds is 5. The van der Waals surface area contributed by atoms with Gasteiger partial charge in [0.05, 0.1) is 0 Å². The highest BCUT2D eigenvalue weighted by Gasteiger charge is 2.16. The quantitative estimate of drug-likeness (QED) is 0.601. The lowest BCUT2D eigenvalue weighted by atomic mass is 10.1. The lowest BCUT2D eigenvalue weighted by Gasteiger charge is -2.23. The van der Waals surface area contributed by atoms with Gasteiger partial charge in [-0.15, -0.1) is 0 Å². The molecule has 0 heterocycles. The van der Waals surface area contributed by atoms with Crippen molar-refractivity contribution < 1.29 is 0 Å². The Labute approximate surface area is 151 Å². The average molecular weight is 358 g/mol. The van der Waals surface area contributed by atoms with E-state index in [0.29, 0.717) is 0 Å². The molecule has 0 spiro atoms. The van der Waals surface area contributed by atoms with Crippen molar-refractivity contribution in [3.05, 3.63) is 57.6 Å². The molecule has 130 valence electrons. The Morgan fingerprint density at radius 3 is 1.04 bits per heavy atom. The Morgan fingerprint density at radius 1 is 0.542 bits per heavy atom. The van der Waals surface area contributed by atoms with E-state index >= 15 is 0 Å². The second kappa shape index (κ2) is 8.12. The van der Waals surface area contributed by atoms with Crippen LogP contribution in [0.5, 0.6) is 0 Å². The summed E-state index contributed by atoms with van der Waals surface area (Å²) in [7, 11) is -0.124. The molecule has 0 unspecified atom stereocenters. The Kier molecular flexibility index (Phi) is 6.64. The van der Waals surface area contributed by atoms with E-state index in [2.05, 4.69) is 79.1 Å². The molecular weight excluding hydrogens is 326 g/mol. The van der Waals surface area contributed by atoms with Gasteiger partial charge in [0.2, 0.25) is 0 Å². The predicted molar refractivity (Wildman–Crippen MR) is 116 cm³/mol. The van der Waals surface area contributed by atoms with E-state index in [1.807, 2.05) is 0 Å². The van der Waals surface area contributed by atoms with Crippen LogP contribution in [0.1, 0.15) is 33.4 Å². The maximum Gasteiger partial charge on any atom is -0.0185 e. The maximum absolute atomic E-state index is 2.47. The van der Waals surface area contributed by atoms with Crippen molar-refractivity contribution >= 4 is 26.5 Å². The molecule has 0 aliphatic carbocycles. The molecule has 0 saturated carbocycles. The molecule has 0 saturated heterocycles. The Morgan fingerprint density at radius 2 is 0.792 bits per heavy atom. The highest BCUT2D eigenvalue weighted by atomic mass is 31.1. The van der Waals surface area contributed by atoms with Crippen molar-refractivity contribution in [1.82, 2.24) is 0 Å². The standard InChI is InChI=1S/C22H32P2/c1-15-11-17(3)21(18(4)12-15)23(7)9-10-24(8)22-19(5)13-16(2)14-20(22)6/h11-14H,9-10H2,1-8H3/t23-,24-/m0/s1. The fourth-order valence-electron chi connectivity index (χ4n) is 4.07. The van der Waals surface area contributed by atoms with Crippen LogP contribution in [0.25, 0.3) is 0 Å². The van der Waals surface area contributed by atoms with Crippen LogP contribution in [-0.2, 0) is 0 Å². The first-order valence-corrected chi connectivity index (χ1v) is 12.7. The molecule has 2 atom stereocenters. The lowest BCUT2D eigenvalue weighted by Crippen LogP contribution is -2.16. The molecule has 0 nitrogen and oxygen atoms in total. The number of benzene rings is 2. The molecule has 0 fully saturated rings. The van der Waals surface area contributed by atoms with Gasteiger partial charge in [-0.25, -0.2) is 0 Å². The van der Waals surface area contributed by atoms with E-state index < -0.39 is 0 Å². The topological polar surface area (TPSA) is 0 Å². The number of aryl methyl sites for hydroxylation is 6. The van der Waals surface area contributed by atoms with Gasteiger partial charge in [-0.1, -0.05) is 51.2 Å². The van der Waals surface area contributed by atoms with E-state index in [4.69, 9.17) is 0 Å². The van der Waals surface area contributed by atoms with E-state index in [9.17, 15) is 0 Å². The summed E-state index contributed by atoms with van der Waals surface area (Å²) < 4.78 is 0. The second-order valence-electron chi connectivity index (χ2n) is 7.34. The van der Waals surface area contributed by atoms with Gasteiger partial charge in [0, 0.05) is 0 Å². The third-order valence-corrected chi connectivity index (χ3v) is 9.88. The van der Waals surface area contributed by atoms with Crippen LogP contribution in [0.4, 0.5) is 0 Å². The van der Waals surface area contributed by atoms with Crippen LogP contribution in [-0.4, -0.2) is 25.7 Å². The monoisotopic (exact) mass is 358 g/mol. The molecule has 2 aromatic rings. The summed E-state index contributed by atoms with van der Waals surface area (Å²) >= 11 is 0. The van der Waals surface area contributed by atoms with Crippen molar-refractivity contribution in [3.63, 3.8) is 0 Å². The summed E-state index contributed by atoms with van der Waals surface area (Å²) in [5.41, 5.74) is 8.74. The fraction of sp³-hybridized carbons (Fsp3) is 0.455. The first-order chi connectivity index (χ1) is 11.2. The molecular formula is C22H32P2. The predicted octanol–water partition coefficient (Wildman–Crippen LogP) is 5.71. The molecule has 2 heteroatoms. The fourth-order valence-corrected chi connectivity index (χ4v) is 9.59. The lowest BCUT2D eigenvalue weighted by molar-refractivity contribution is 1.34. The maximum atomic E-state index is 2.47. The van der Waals surface area contributed by atoms with Crippen LogP contribution < -0.4 is 10.6 Å². The van der Waals surface area contributed by atoms with E-state index in [1.165, 1.54) is 45.7 Å². The van der Waals surface area contributed by atoms with E-state index in [1.54, 1.807) is 10.6 Å². The summed E-state index contributed by atoms with van der Waals surface area (Å²) in [6.45, 7) is 18.5. The molecule has 0 amide bonds. The zero-order valence-corrected chi connectivity index (χ0v) is 18.4. The highest BCUT2D eigenvalue weighted by Crippen LogP contribution is 2.40. The summed E-state index contributed by atoms with van der Waals surface area (Å²) in [6.07, 6.45) is 2.68. The minimum absolute atomic E-state index is 0.0619. The number of hydrogen-bond donors (Lipinski definition) is 0. The van der Waals surface area contributed by atoms with Gasteiger partial charge in [-0.05, 0) is 100 Å². The first-order valence-electron chi connectivity index (χ1n) is 8.78. The van der Waals surface area contributed by atoms with Gasteiger partial charge >= 0.3 is 0 Å². The van der Waals surface area contributed by atoms with Gasteiger partial charge in [0.1, 0.15) is 0 Å². The van der Waals surface area contributed by atoms with Crippen molar-refractivity contribution in [1.29, 1.82) is 0 Å². The van der Waals surface area contributed by atoms with Gasteiger partial charge in [0.15, 0.2) is 0 Å². The van der Waals surface area contributed by atoms with Gasteiger partial charge in [-0.2, -0.15) is 0 Å². The SMILES string of the molecule is Cc1cc(C)c([P@@](C)CC[P@](C)c2c(C)cc(C)cc2C)c(C)c1. The first kappa shape index (κ1) is 19.6. The minimum atomic E-state index is -0.0619. The van der Waals surface area contributed by atoms with Gasteiger partial charge in [0.25, 0.3) is 0 Å². The third kappa shape index (κ3) is 4.47. The molecule has 2 rings (SSSR count). The Balaban J connectivity index is 2.14. The van der Waals surface area contributed by atoms with Crippen molar-refractivity contribution in [3.8, 4) is 0 Å². The molecule has 0 aliphatic rings. The molecule has 24 heavy (non-hydrogen) atoms. The van der Waals surface area contributed by atoms with Crippen LogP contribution >= 0.6 is 15.8 Å². The minimum Gasteiger partial charge on any atom is -0.0776 e. The van der Waals surface area contributed by atoms with Crippen LogP contribution in [0.15, 0.2) is 24.3 Å². The summed E-state index contributed by atoms with van der Waals surface area (Å²) in [5.74, 6) is 0. The third-order valence-electron chi connectivity index (χ3n) is 4.81. The molecule has 0 N–H and O–H groups in total. The Hall–Kier alpha value is -0.700. The summed E-state index contributed by atoms with van der Waals surface area (Å²) in [5, 5.41) is 3.27. The Bertz CT molecular complexity index is 621. The molecule has 0 aromatic heterocycles. The largest absolute Gasteiger partial charge is 0.0776 e. The molecule has 0 aliphatic heterocycles. The molecule has 0 radical (unpaired) electrons. The zero-order chi connectivity index (χ0) is 18.0. The summed E-state index contributed by atoms with van der Waals surface area (Å²) in [6, 6.07) is 9.41. The van der Waals surface area contributed by atoms with Crippen molar-refractivity contribution in [2.24, 2.45) is 0 Å². The van der Waals surface area contributed by atoms with Crippen LogP contribution in [0, 0.1) is 41.5 Å². The molecule has 0 bridgehead atoms.